The molecule has 0 bridgehead atoms. The van der Waals surface area contributed by atoms with Crippen molar-refractivity contribution in [3.05, 3.63) is 28.8 Å². The van der Waals surface area contributed by atoms with Crippen LogP contribution in [-0.2, 0) is 0 Å². The lowest BCUT2D eigenvalue weighted by molar-refractivity contribution is 0.0891. The lowest BCUT2D eigenvalue weighted by Gasteiger charge is -2.30. The van der Waals surface area contributed by atoms with Crippen LogP contribution in [0.5, 0.6) is 5.75 Å². The van der Waals surface area contributed by atoms with Gasteiger partial charge in [-0.2, -0.15) is 0 Å². The van der Waals surface area contributed by atoms with Gasteiger partial charge < -0.3 is 15.0 Å². The third-order valence-electron chi connectivity index (χ3n) is 3.58. The van der Waals surface area contributed by atoms with Crippen molar-refractivity contribution in [3.8, 4) is 5.75 Å². The van der Waals surface area contributed by atoms with E-state index in [9.17, 15) is 4.79 Å². The molecule has 104 valence electrons. The zero-order chi connectivity index (χ0) is 14.0. The minimum Gasteiger partial charge on any atom is -0.496 e. The van der Waals surface area contributed by atoms with Gasteiger partial charge in [-0.1, -0.05) is 6.07 Å². The van der Waals surface area contributed by atoms with Gasteiger partial charge in [0.25, 0.3) is 0 Å². The molecular weight excluding hydrogens is 240 g/mol. The molecule has 1 aliphatic rings. The Morgan fingerprint density at radius 2 is 2.16 bits per heavy atom. The molecule has 19 heavy (non-hydrogen) atoms. The number of likely N-dealkylation sites (N-methyl/N-ethyl adjacent to an activating group) is 1. The van der Waals surface area contributed by atoms with Crippen LogP contribution in [0, 0.1) is 13.8 Å². The van der Waals surface area contributed by atoms with Crippen molar-refractivity contribution < 1.29 is 9.53 Å². The molecule has 0 radical (unpaired) electrons. The number of carbonyl (C=O) groups is 1. The van der Waals surface area contributed by atoms with Crippen molar-refractivity contribution in [2.45, 2.75) is 19.9 Å². The average molecular weight is 262 g/mol. The maximum Gasteiger partial charge on any atom is 0.184 e. The van der Waals surface area contributed by atoms with Crippen molar-refractivity contribution in [3.63, 3.8) is 0 Å². The molecule has 0 aromatic heterocycles. The number of piperazine rings is 1. The monoisotopic (exact) mass is 262 g/mol. The molecule has 1 heterocycles. The van der Waals surface area contributed by atoms with E-state index in [0.717, 1.165) is 30.8 Å². The molecule has 1 unspecified atom stereocenters. The van der Waals surface area contributed by atoms with Crippen LogP contribution in [0.3, 0.4) is 0 Å². The van der Waals surface area contributed by atoms with E-state index in [-0.39, 0.29) is 11.8 Å². The van der Waals surface area contributed by atoms with E-state index < -0.39 is 0 Å². The zero-order valence-corrected chi connectivity index (χ0v) is 12.1. The Balaban J connectivity index is 2.32. The molecule has 1 atom stereocenters. The molecule has 2 rings (SSSR count). The van der Waals surface area contributed by atoms with E-state index >= 15 is 0 Å². The molecule has 1 aliphatic heterocycles. The summed E-state index contributed by atoms with van der Waals surface area (Å²) in [6.07, 6.45) is 0. The van der Waals surface area contributed by atoms with E-state index in [1.54, 1.807) is 7.11 Å². The van der Waals surface area contributed by atoms with Crippen molar-refractivity contribution >= 4 is 5.78 Å². The fraction of sp³-hybridized carbons (Fsp3) is 0.533. The van der Waals surface area contributed by atoms with Crippen LogP contribution in [-0.4, -0.2) is 50.5 Å². The third kappa shape index (κ3) is 2.96. The van der Waals surface area contributed by atoms with E-state index in [0.29, 0.717) is 11.3 Å². The minimum absolute atomic E-state index is 0.121. The van der Waals surface area contributed by atoms with E-state index in [1.165, 1.54) is 0 Å². The lowest BCUT2D eigenvalue weighted by atomic mass is 9.97. The summed E-state index contributed by atoms with van der Waals surface area (Å²) in [4.78, 5) is 14.8. The van der Waals surface area contributed by atoms with Crippen molar-refractivity contribution in [2.24, 2.45) is 0 Å². The Hall–Kier alpha value is -1.39. The average Bonchev–Trinajstić information content (AvgIpc) is 2.37. The van der Waals surface area contributed by atoms with E-state index in [4.69, 9.17) is 4.74 Å². The highest BCUT2D eigenvalue weighted by atomic mass is 16.5. The fourth-order valence-electron chi connectivity index (χ4n) is 2.67. The van der Waals surface area contributed by atoms with Gasteiger partial charge in [0.1, 0.15) is 5.75 Å². The van der Waals surface area contributed by atoms with Gasteiger partial charge >= 0.3 is 0 Å². The van der Waals surface area contributed by atoms with Crippen molar-refractivity contribution in [1.29, 1.82) is 0 Å². The normalized spacial score (nSPS) is 20.3. The smallest absolute Gasteiger partial charge is 0.184 e. The SMILES string of the molecule is COc1c(C)cc(C)cc1C(=O)C1CN(C)CCN1. The number of nitrogens with one attached hydrogen (secondary N) is 1. The molecule has 0 aliphatic carbocycles. The summed E-state index contributed by atoms with van der Waals surface area (Å²) in [6.45, 7) is 6.55. The molecule has 1 fully saturated rings. The number of ketones is 1. The number of aryl methyl sites for hydroxylation is 2. The second-order valence-corrected chi connectivity index (χ2v) is 5.30. The molecule has 0 saturated carbocycles. The first-order valence-corrected chi connectivity index (χ1v) is 6.64. The Bertz CT molecular complexity index is 485. The molecular formula is C15H22N2O2. The molecule has 1 aromatic carbocycles. The van der Waals surface area contributed by atoms with Gasteiger partial charge in [0.15, 0.2) is 5.78 Å². The molecule has 4 nitrogen and oxygen atoms in total. The Morgan fingerprint density at radius 3 is 2.79 bits per heavy atom. The van der Waals surface area contributed by atoms with Crippen LogP contribution >= 0.6 is 0 Å². The number of ether oxygens (including phenoxy) is 1. The second-order valence-electron chi connectivity index (χ2n) is 5.30. The van der Waals surface area contributed by atoms with Gasteiger partial charge in [0.2, 0.25) is 0 Å². The van der Waals surface area contributed by atoms with Gasteiger partial charge in [-0.15, -0.1) is 0 Å². The number of hydrogen-bond acceptors (Lipinski definition) is 4. The van der Waals surface area contributed by atoms with Crippen LogP contribution < -0.4 is 10.1 Å². The molecule has 1 saturated heterocycles. The van der Waals surface area contributed by atoms with Gasteiger partial charge in [0, 0.05) is 19.6 Å². The van der Waals surface area contributed by atoms with Crippen molar-refractivity contribution in [1.82, 2.24) is 10.2 Å². The first-order chi connectivity index (χ1) is 9.02. The second kappa shape index (κ2) is 5.72. The Kier molecular flexibility index (Phi) is 4.22. The molecule has 1 N–H and O–H groups in total. The number of rotatable bonds is 3. The standard InChI is InChI=1S/C15H22N2O2/c1-10-7-11(2)15(19-4)12(8-10)14(18)13-9-17(3)6-5-16-13/h7-8,13,16H,5-6,9H2,1-4H3. The molecule has 1 aromatic rings. The fourth-order valence-corrected chi connectivity index (χ4v) is 2.67. The lowest BCUT2D eigenvalue weighted by Crippen LogP contribution is -2.52. The first kappa shape index (κ1) is 14.0. The maximum absolute atomic E-state index is 12.7. The largest absolute Gasteiger partial charge is 0.496 e. The summed E-state index contributed by atoms with van der Waals surface area (Å²) in [5, 5.41) is 3.29. The third-order valence-corrected chi connectivity index (χ3v) is 3.58. The Labute approximate surface area is 114 Å². The zero-order valence-electron chi connectivity index (χ0n) is 12.1. The Morgan fingerprint density at radius 1 is 1.42 bits per heavy atom. The summed E-state index contributed by atoms with van der Waals surface area (Å²) in [5.74, 6) is 0.820. The summed E-state index contributed by atoms with van der Waals surface area (Å²) in [7, 11) is 3.66. The highest BCUT2D eigenvalue weighted by molar-refractivity contribution is 6.03. The maximum atomic E-state index is 12.7. The van der Waals surface area contributed by atoms with E-state index in [1.807, 2.05) is 33.0 Å². The number of nitrogens with zero attached hydrogens (tertiary/aromatic N) is 1. The molecule has 0 amide bonds. The van der Waals surface area contributed by atoms with Gasteiger partial charge in [-0.05, 0) is 38.1 Å². The van der Waals surface area contributed by atoms with Gasteiger partial charge in [-0.3, -0.25) is 4.79 Å². The quantitative estimate of drug-likeness (QED) is 0.836. The number of Topliss-reactive ketones (excluding diaryl/α,β-unsaturated/α-hetero) is 1. The van der Waals surface area contributed by atoms with Crippen LogP contribution in [0.1, 0.15) is 21.5 Å². The number of hydrogen-bond donors (Lipinski definition) is 1. The molecule has 4 heteroatoms. The summed E-state index contributed by atoms with van der Waals surface area (Å²) < 4.78 is 5.41. The predicted molar refractivity (Wildman–Crippen MR) is 76.1 cm³/mol. The van der Waals surface area contributed by atoms with Crippen LogP contribution in [0.15, 0.2) is 12.1 Å². The molecule has 0 spiro atoms. The summed E-state index contributed by atoms with van der Waals surface area (Å²) in [6, 6.07) is 3.81. The minimum atomic E-state index is -0.145. The highest BCUT2D eigenvalue weighted by Crippen LogP contribution is 2.26. The number of benzene rings is 1. The van der Waals surface area contributed by atoms with E-state index in [2.05, 4.69) is 10.2 Å². The first-order valence-electron chi connectivity index (χ1n) is 6.64. The van der Waals surface area contributed by atoms with Gasteiger partial charge in [-0.25, -0.2) is 0 Å². The van der Waals surface area contributed by atoms with Crippen LogP contribution in [0.25, 0.3) is 0 Å². The van der Waals surface area contributed by atoms with Crippen LogP contribution in [0.2, 0.25) is 0 Å². The number of methoxy groups -OCH3 is 1. The van der Waals surface area contributed by atoms with Crippen LogP contribution in [0.4, 0.5) is 0 Å². The number of carbonyl (C=O) groups excluding carboxylic acids is 1. The van der Waals surface area contributed by atoms with Crippen molar-refractivity contribution in [2.75, 3.05) is 33.8 Å². The predicted octanol–water partition coefficient (Wildman–Crippen LogP) is 1.40. The summed E-state index contributed by atoms with van der Waals surface area (Å²) in [5.41, 5.74) is 2.79. The summed E-state index contributed by atoms with van der Waals surface area (Å²) >= 11 is 0. The highest BCUT2D eigenvalue weighted by Gasteiger charge is 2.27. The topological polar surface area (TPSA) is 41.6 Å². The van der Waals surface area contributed by atoms with Gasteiger partial charge in [0.05, 0.1) is 18.7 Å².